The average Bonchev–Trinajstić information content (AvgIpc) is 2.45. The number of nitrogens with zero attached hydrogens (tertiary/aromatic N) is 1. The van der Waals surface area contributed by atoms with Crippen LogP contribution in [0.4, 0.5) is 0 Å². The first-order valence-corrected chi connectivity index (χ1v) is 7.22. The molecular weight excluding hydrogens is 304 g/mol. The van der Waals surface area contributed by atoms with E-state index in [0.717, 1.165) is 0 Å². The van der Waals surface area contributed by atoms with Gasteiger partial charge in [0.2, 0.25) is 5.91 Å². The number of hydrogen-bond acceptors (Lipinski definition) is 7. The number of carbonyl (C=O) groups is 3. The van der Waals surface area contributed by atoms with E-state index < -0.39 is 35.4 Å². The number of amides is 1. The van der Waals surface area contributed by atoms with Crippen molar-refractivity contribution in [1.82, 2.24) is 5.32 Å². The first kappa shape index (κ1) is 18.5. The van der Waals surface area contributed by atoms with Crippen molar-refractivity contribution in [3.63, 3.8) is 0 Å². The van der Waals surface area contributed by atoms with Gasteiger partial charge < -0.3 is 19.5 Å². The van der Waals surface area contributed by atoms with Gasteiger partial charge in [-0.1, -0.05) is 0 Å². The average molecular weight is 324 g/mol. The highest BCUT2D eigenvalue weighted by Gasteiger charge is 2.53. The molecule has 0 aromatic rings. The Kier molecular flexibility index (Phi) is 6.13. The molecule has 126 valence electrons. The smallest absolute Gasteiger partial charge is 0.316 e. The number of allylic oxidation sites excluding steroid dienone is 1. The van der Waals surface area contributed by atoms with Crippen molar-refractivity contribution in [1.29, 1.82) is 5.26 Å². The van der Waals surface area contributed by atoms with E-state index in [4.69, 9.17) is 19.5 Å². The van der Waals surface area contributed by atoms with E-state index in [1.807, 2.05) is 0 Å². The van der Waals surface area contributed by atoms with Crippen LogP contribution >= 0.6 is 0 Å². The Bertz CT molecular complexity index is 565. The summed E-state index contributed by atoms with van der Waals surface area (Å²) in [7, 11) is 0. The van der Waals surface area contributed by atoms with Gasteiger partial charge in [-0.2, -0.15) is 5.26 Å². The molecule has 0 unspecified atom stereocenters. The lowest BCUT2D eigenvalue weighted by atomic mass is 9.81. The minimum Gasteiger partial charge on any atom is -0.466 e. The number of ether oxygens (including phenoxy) is 3. The number of rotatable bonds is 5. The molecule has 8 heteroatoms. The summed E-state index contributed by atoms with van der Waals surface area (Å²) in [4.78, 5) is 36.0. The third kappa shape index (κ3) is 4.22. The number of carbonyl (C=O) groups excluding carboxylic acids is 3. The van der Waals surface area contributed by atoms with Crippen molar-refractivity contribution in [2.45, 2.75) is 33.4 Å². The molecule has 0 saturated heterocycles. The number of esters is 2. The second-order valence-electron chi connectivity index (χ2n) is 5.04. The molecule has 8 nitrogen and oxygen atoms in total. The van der Waals surface area contributed by atoms with Crippen LogP contribution in [0.1, 0.15) is 27.7 Å². The first-order valence-electron chi connectivity index (χ1n) is 7.22. The molecule has 0 aromatic carbocycles. The van der Waals surface area contributed by atoms with Gasteiger partial charge in [0.15, 0.2) is 11.5 Å². The zero-order chi connectivity index (χ0) is 17.6. The number of nitrogens with one attached hydrogen (secondary N) is 1. The van der Waals surface area contributed by atoms with Crippen LogP contribution in [0.2, 0.25) is 0 Å². The molecule has 23 heavy (non-hydrogen) atoms. The summed E-state index contributed by atoms with van der Waals surface area (Å²) in [5.41, 5.74) is -1.60. The van der Waals surface area contributed by atoms with E-state index in [-0.39, 0.29) is 19.0 Å². The maximum absolute atomic E-state index is 12.3. The van der Waals surface area contributed by atoms with Gasteiger partial charge in [-0.05, 0) is 26.8 Å². The topological polar surface area (TPSA) is 115 Å². The normalized spacial score (nSPS) is 26.1. The summed E-state index contributed by atoms with van der Waals surface area (Å²) in [5.74, 6) is -4.37. The molecule has 0 aromatic heterocycles. The molecule has 1 rings (SSSR count). The van der Waals surface area contributed by atoms with E-state index in [0.29, 0.717) is 0 Å². The Morgan fingerprint density at radius 3 is 2.35 bits per heavy atom. The van der Waals surface area contributed by atoms with E-state index in [1.165, 1.54) is 19.9 Å². The lowest BCUT2D eigenvalue weighted by Gasteiger charge is -2.41. The number of nitriles is 1. The summed E-state index contributed by atoms with van der Waals surface area (Å²) in [6.07, 6.45) is 1.21. The van der Waals surface area contributed by atoms with E-state index >= 15 is 0 Å². The SMILES string of the molecule is CCOC(=O)[C@@H]1C=C(C#N)O[C@@](C)(NC(C)=O)[C@H]1C(=O)OCC. The van der Waals surface area contributed by atoms with Gasteiger partial charge >= 0.3 is 11.9 Å². The molecule has 1 aliphatic heterocycles. The van der Waals surface area contributed by atoms with Crippen LogP contribution in [0, 0.1) is 23.2 Å². The van der Waals surface area contributed by atoms with Crippen molar-refractivity contribution in [2.24, 2.45) is 11.8 Å². The summed E-state index contributed by atoms with van der Waals surface area (Å²) in [6, 6.07) is 1.78. The fourth-order valence-corrected chi connectivity index (χ4v) is 2.49. The second-order valence-corrected chi connectivity index (χ2v) is 5.04. The van der Waals surface area contributed by atoms with Crippen LogP contribution in [-0.4, -0.2) is 36.8 Å². The van der Waals surface area contributed by atoms with Crippen LogP contribution in [0.3, 0.4) is 0 Å². The van der Waals surface area contributed by atoms with Gasteiger partial charge in [-0.3, -0.25) is 14.4 Å². The fraction of sp³-hybridized carbons (Fsp3) is 0.600. The summed E-state index contributed by atoms with van der Waals surface area (Å²) < 4.78 is 15.4. The molecule has 0 saturated carbocycles. The summed E-state index contributed by atoms with van der Waals surface area (Å²) >= 11 is 0. The standard InChI is InChI=1S/C15H20N2O6/c1-5-21-13(19)11-7-10(8-16)23-15(4,17-9(3)18)12(11)14(20)22-6-2/h7,11-12H,5-6H2,1-4H3,(H,17,18)/t11-,12-,15-/m1/s1. The van der Waals surface area contributed by atoms with Gasteiger partial charge in [-0.25, -0.2) is 0 Å². The zero-order valence-corrected chi connectivity index (χ0v) is 13.5. The molecule has 1 heterocycles. The van der Waals surface area contributed by atoms with Crippen LogP contribution in [0.15, 0.2) is 11.8 Å². The van der Waals surface area contributed by atoms with Crippen molar-refractivity contribution < 1.29 is 28.6 Å². The predicted molar refractivity (Wildman–Crippen MR) is 77.2 cm³/mol. The Hall–Kier alpha value is -2.56. The first-order chi connectivity index (χ1) is 10.8. The van der Waals surface area contributed by atoms with Crippen molar-refractivity contribution >= 4 is 17.8 Å². The van der Waals surface area contributed by atoms with Gasteiger partial charge in [-0.15, -0.1) is 0 Å². The Morgan fingerprint density at radius 1 is 1.30 bits per heavy atom. The Balaban J connectivity index is 3.36. The largest absolute Gasteiger partial charge is 0.466 e. The second kappa shape index (κ2) is 7.63. The highest BCUT2D eigenvalue weighted by Crippen LogP contribution is 2.36. The van der Waals surface area contributed by atoms with Crippen molar-refractivity contribution in [3.05, 3.63) is 11.8 Å². The lowest BCUT2D eigenvalue weighted by molar-refractivity contribution is -0.178. The fourth-order valence-electron chi connectivity index (χ4n) is 2.49. The molecular formula is C15H20N2O6. The third-order valence-electron chi connectivity index (χ3n) is 3.24. The molecule has 3 atom stereocenters. The van der Waals surface area contributed by atoms with Gasteiger partial charge in [0.1, 0.15) is 12.0 Å². The molecule has 0 spiro atoms. The molecule has 1 aliphatic rings. The zero-order valence-electron chi connectivity index (χ0n) is 13.5. The predicted octanol–water partition coefficient (Wildman–Crippen LogP) is 0.635. The van der Waals surface area contributed by atoms with E-state index in [9.17, 15) is 14.4 Å². The Morgan fingerprint density at radius 2 is 1.87 bits per heavy atom. The quantitative estimate of drug-likeness (QED) is 0.738. The summed E-state index contributed by atoms with van der Waals surface area (Å²) in [6.45, 7) is 6.09. The van der Waals surface area contributed by atoms with Crippen molar-refractivity contribution in [3.8, 4) is 6.07 Å². The van der Waals surface area contributed by atoms with Crippen LogP contribution in [0.25, 0.3) is 0 Å². The highest BCUT2D eigenvalue weighted by atomic mass is 16.6. The molecule has 0 bridgehead atoms. The van der Waals surface area contributed by atoms with Crippen molar-refractivity contribution in [2.75, 3.05) is 13.2 Å². The van der Waals surface area contributed by atoms with Gasteiger partial charge in [0, 0.05) is 6.92 Å². The monoisotopic (exact) mass is 324 g/mol. The minimum atomic E-state index is -1.60. The number of hydrogen-bond donors (Lipinski definition) is 1. The molecule has 1 N–H and O–H groups in total. The minimum absolute atomic E-state index is 0.0931. The van der Waals surface area contributed by atoms with Gasteiger partial charge in [0.05, 0.1) is 19.1 Å². The Labute approximate surface area is 134 Å². The summed E-state index contributed by atoms with van der Waals surface area (Å²) in [5, 5.41) is 11.6. The molecule has 0 radical (unpaired) electrons. The maximum atomic E-state index is 12.3. The van der Waals surface area contributed by atoms with Crippen LogP contribution in [-0.2, 0) is 28.6 Å². The van der Waals surface area contributed by atoms with E-state index in [2.05, 4.69) is 5.32 Å². The maximum Gasteiger partial charge on any atom is 0.316 e. The molecule has 0 aliphatic carbocycles. The molecule has 0 fully saturated rings. The van der Waals surface area contributed by atoms with Crippen LogP contribution in [0.5, 0.6) is 0 Å². The van der Waals surface area contributed by atoms with E-state index in [1.54, 1.807) is 19.9 Å². The van der Waals surface area contributed by atoms with Crippen LogP contribution < -0.4 is 5.32 Å². The molecule has 1 amide bonds. The highest BCUT2D eigenvalue weighted by molar-refractivity contribution is 5.86. The third-order valence-corrected chi connectivity index (χ3v) is 3.24. The van der Waals surface area contributed by atoms with Gasteiger partial charge in [0.25, 0.3) is 0 Å². The lowest BCUT2D eigenvalue weighted by Crippen LogP contribution is -2.60.